The number of rotatable bonds is 2. The molecule has 0 unspecified atom stereocenters. The molecule has 0 aliphatic carbocycles. The summed E-state index contributed by atoms with van der Waals surface area (Å²) in [5.41, 5.74) is 1.85. The molecule has 0 fully saturated rings. The number of hydrogen-bond acceptors (Lipinski definition) is 7. The summed E-state index contributed by atoms with van der Waals surface area (Å²) in [6, 6.07) is 5.46. The highest BCUT2D eigenvalue weighted by Crippen LogP contribution is 2.33. The van der Waals surface area contributed by atoms with E-state index in [1.165, 1.54) is 0 Å². The van der Waals surface area contributed by atoms with Gasteiger partial charge in [0, 0.05) is 0 Å². The summed E-state index contributed by atoms with van der Waals surface area (Å²) >= 11 is 0. The summed E-state index contributed by atoms with van der Waals surface area (Å²) in [5, 5.41) is 18.5. The number of nitrogens with one attached hydrogen (secondary N) is 1. The van der Waals surface area contributed by atoms with Crippen molar-refractivity contribution in [2.24, 2.45) is 5.10 Å². The van der Waals surface area contributed by atoms with E-state index in [0.717, 1.165) is 10.6 Å². The minimum atomic E-state index is -0.309. The normalized spacial score (nSPS) is 18.2. The van der Waals surface area contributed by atoms with Gasteiger partial charge in [0.15, 0.2) is 11.5 Å². The second kappa shape index (κ2) is 4.65. The molecule has 1 aromatic heterocycles. The van der Waals surface area contributed by atoms with Crippen molar-refractivity contribution in [3.8, 4) is 11.5 Å². The van der Waals surface area contributed by atoms with Gasteiger partial charge in [-0.15, -0.1) is 5.10 Å². The standard InChI is InChI=1S/C13H10N6O3/c1-7-9(12(20)19(16-7)13-14-17-18-15-13)4-8-2-3-10-11(5-8)22-6-21-10/h2-5H,6H2,1H3,(H,14,15,17,18)/b9-4+. The summed E-state index contributed by atoms with van der Waals surface area (Å²) in [6.45, 7) is 1.96. The lowest BCUT2D eigenvalue weighted by Crippen LogP contribution is -2.22. The summed E-state index contributed by atoms with van der Waals surface area (Å²) in [7, 11) is 0. The van der Waals surface area contributed by atoms with Crippen molar-refractivity contribution in [3.05, 3.63) is 29.3 Å². The fourth-order valence-electron chi connectivity index (χ4n) is 2.24. The lowest BCUT2D eigenvalue weighted by atomic mass is 10.1. The smallest absolute Gasteiger partial charge is 0.293 e. The number of nitrogens with zero attached hydrogens (tertiary/aromatic N) is 5. The molecule has 0 radical (unpaired) electrons. The Hall–Kier alpha value is -3.23. The van der Waals surface area contributed by atoms with Crippen molar-refractivity contribution in [2.75, 3.05) is 11.8 Å². The molecule has 110 valence electrons. The van der Waals surface area contributed by atoms with Gasteiger partial charge in [0.25, 0.3) is 11.9 Å². The molecule has 9 nitrogen and oxygen atoms in total. The molecule has 0 atom stereocenters. The van der Waals surface area contributed by atoms with Crippen LogP contribution in [0.5, 0.6) is 11.5 Å². The third kappa shape index (κ3) is 1.91. The van der Waals surface area contributed by atoms with E-state index in [1.54, 1.807) is 19.1 Å². The molecule has 22 heavy (non-hydrogen) atoms. The molecule has 4 rings (SSSR count). The number of fused-ring (bicyclic) bond motifs is 1. The lowest BCUT2D eigenvalue weighted by molar-refractivity contribution is -0.114. The molecule has 2 aromatic rings. The number of benzene rings is 1. The number of ether oxygens (including phenoxy) is 2. The summed E-state index contributed by atoms with van der Waals surface area (Å²) in [5.74, 6) is 1.15. The second-order valence-electron chi connectivity index (χ2n) is 4.68. The Kier molecular flexibility index (Phi) is 2.65. The zero-order chi connectivity index (χ0) is 15.1. The Morgan fingerprint density at radius 1 is 1.32 bits per heavy atom. The zero-order valence-electron chi connectivity index (χ0n) is 11.5. The average molecular weight is 298 g/mol. The molecule has 1 N–H and O–H groups in total. The summed E-state index contributed by atoms with van der Waals surface area (Å²) in [4.78, 5) is 12.4. The highest BCUT2D eigenvalue weighted by molar-refractivity contribution is 6.31. The Morgan fingerprint density at radius 2 is 2.18 bits per heavy atom. The number of aromatic nitrogens is 4. The molecule has 2 aliphatic heterocycles. The first-order valence-corrected chi connectivity index (χ1v) is 6.47. The molecule has 3 heterocycles. The van der Waals surface area contributed by atoms with Crippen LogP contribution in [0.15, 0.2) is 28.9 Å². The van der Waals surface area contributed by atoms with Gasteiger partial charge < -0.3 is 9.47 Å². The highest BCUT2D eigenvalue weighted by atomic mass is 16.7. The van der Waals surface area contributed by atoms with Crippen LogP contribution in [0.4, 0.5) is 5.95 Å². The number of hydrogen-bond donors (Lipinski definition) is 1. The fourth-order valence-corrected chi connectivity index (χ4v) is 2.24. The van der Waals surface area contributed by atoms with Crippen LogP contribution >= 0.6 is 0 Å². The van der Waals surface area contributed by atoms with Crippen LogP contribution in [-0.4, -0.2) is 39.0 Å². The molecular formula is C13H10N6O3. The van der Waals surface area contributed by atoms with Crippen LogP contribution < -0.4 is 14.5 Å². The third-order valence-electron chi connectivity index (χ3n) is 3.29. The van der Waals surface area contributed by atoms with Gasteiger partial charge in [-0.25, -0.2) is 0 Å². The van der Waals surface area contributed by atoms with Crippen LogP contribution in [-0.2, 0) is 4.79 Å². The van der Waals surface area contributed by atoms with Crippen LogP contribution in [0.1, 0.15) is 12.5 Å². The minimum Gasteiger partial charge on any atom is -0.454 e. The van der Waals surface area contributed by atoms with Crippen molar-refractivity contribution in [2.45, 2.75) is 6.92 Å². The van der Waals surface area contributed by atoms with E-state index in [0.29, 0.717) is 22.8 Å². The Labute approximate surface area is 124 Å². The first-order chi connectivity index (χ1) is 10.7. The number of H-pyrrole nitrogens is 1. The number of aromatic amines is 1. The first-order valence-electron chi connectivity index (χ1n) is 6.47. The van der Waals surface area contributed by atoms with Gasteiger partial charge in [-0.3, -0.25) is 4.79 Å². The summed E-state index contributed by atoms with van der Waals surface area (Å²) in [6.07, 6.45) is 1.74. The molecule has 9 heteroatoms. The highest BCUT2D eigenvalue weighted by Gasteiger charge is 2.31. The van der Waals surface area contributed by atoms with E-state index >= 15 is 0 Å². The van der Waals surface area contributed by atoms with Crippen molar-refractivity contribution in [1.29, 1.82) is 0 Å². The predicted octanol–water partition coefficient (Wildman–Crippen LogP) is 0.734. The predicted molar refractivity (Wildman–Crippen MR) is 75.3 cm³/mol. The number of anilines is 1. The lowest BCUT2D eigenvalue weighted by Gasteiger charge is -2.04. The number of carbonyl (C=O) groups excluding carboxylic acids is 1. The molecule has 1 aromatic carbocycles. The largest absolute Gasteiger partial charge is 0.454 e. The Morgan fingerprint density at radius 3 is 3.00 bits per heavy atom. The first kappa shape index (κ1) is 12.5. The maximum Gasteiger partial charge on any atom is 0.293 e. The molecule has 0 saturated heterocycles. The van der Waals surface area contributed by atoms with E-state index in [-0.39, 0.29) is 18.6 Å². The Balaban J connectivity index is 1.68. The van der Waals surface area contributed by atoms with Crippen LogP contribution in [0.3, 0.4) is 0 Å². The molecule has 0 saturated carbocycles. The van der Waals surface area contributed by atoms with E-state index in [2.05, 4.69) is 25.7 Å². The number of carbonyl (C=O) groups is 1. The number of amides is 1. The second-order valence-corrected chi connectivity index (χ2v) is 4.68. The van der Waals surface area contributed by atoms with Gasteiger partial charge >= 0.3 is 0 Å². The van der Waals surface area contributed by atoms with E-state index in [1.807, 2.05) is 12.1 Å². The van der Waals surface area contributed by atoms with Gasteiger partial charge in [-0.1, -0.05) is 11.2 Å². The number of hydrazone groups is 1. The van der Waals surface area contributed by atoms with Gasteiger partial charge in [-0.05, 0) is 35.9 Å². The van der Waals surface area contributed by atoms with Crippen LogP contribution in [0.25, 0.3) is 6.08 Å². The molecule has 1 amide bonds. The van der Waals surface area contributed by atoms with Gasteiger partial charge in [0.1, 0.15) is 0 Å². The van der Waals surface area contributed by atoms with Crippen molar-refractivity contribution in [3.63, 3.8) is 0 Å². The fraction of sp³-hybridized carbons (Fsp3) is 0.154. The Bertz CT molecular complexity index is 811. The third-order valence-corrected chi connectivity index (χ3v) is 3.29. The van der Waals surface area contributed by atoms with E-state index < -0.39 is 0 Å². The molecule has 0 spiro atoms. The van der Waals surface area contributed by atoms with Gasteiger partial charge in [0.2, 0.25) is 6.79 Å². The zero-order valence-corrected chi connectivity index (χ0v) is 11.5. The van der Waals surface area contributed by atoms with Crippen molar-refractivity contribution in [1.82, 2.24) is 20.6 Å². The minimum absolute atomic E-state index is 0.110. The molecule has 2 aliphatic rings. The van der Waals surface area contributed by atoms with Gasteiger partial charge in [0.05, 0.1) is 11.3 Å². The van der Waals surface area contributed by atoms with E-state index in [9.17, 15) is 4.79 Å². The quantitative estimate of drug-likeness (QED) is 0.819. The van der Waals surface area contributed by atoms with Crippen molar-refractivity contribution < 1.29 is 14.3 Å². The topological polar surface area (TPSA) is 106 Å². The SMILES string of the molecule is CC1=NN(c2nn[nH]n2)C(=O)/C1=C/c1ccc2c(c1)OCO2. The maximum absolute atomic E-state index is 12.4. The number of tetrazole rings is 1. The van der Waals surface area contributed by atoms with Crippen molar-refractivity contribution >= 4 is 23.6 Å². The maximum atomic E-state index is 12.4. The summed E-state index contributed by atoms with van der Waals surface area (Å²) < 4.78 is 10.6. The van der Waals surface area contributed by atoms with Crippen LogP contribution in [0, 0.1) is 0 Å². The molecule has 0 bridgehead atoms. The van der Waals surface area contributed by atoms with Crippen LogP contribution in [0.2, 0.25) is 0 Å². The van der Waals surface area contributed by atoms with E-state index in [4.69, 9.17) is 9.47 Å². The monoisotopic (exact) mass is 298 g/mol. The average Bonchev–Trinajstić information content (AvgIpc) is 3.23. The molecular weight excluding hydrogens is 288 g/mol. The van der Waals surface area contributed by atoms with Gasteiger partial charge in [-0.2, -0.15) is 15.3 Å².